The van der Waals surface area contributed by atoms with Crippen molar-refractivity contribution in [3.05, 3.63) is 23.2 Å². The van der Waals surface area contributed by atoms with Crippen LogP contribution in [0.1, 0.15) is 39.5 Å². The maximum atomic E-state index is 12.4. The number of nitrogens with two attached hydrogens (primary N) is 1. The molecule has 1 fully saturated rings. The lowest BCUT2D eigenvalue weighted by Gasteiger charge is -2.37. The van der Waals surface area contributed by atoms with Crippen LogP contribution in [0, 0.1) is 11.3 Å². The molecule has 0 aromatic heterocycles. The van der Waals surface area contributed by atoms with E-state index in [1.54, 1.807) is 18.2 Å². The molecular weight excluding hydrogens is 260 g/mol. The highest BCUT2D eigenvalue weighted by Crippen LogP contribution is 2.41. The zero-order valence-electron chi connectivity index (χ0n) is 11.5. The third-order valence-corrected chi connectivity index (χ3v) is 4.42. The smallest absolute Gasteiger partial charge is 0.228 e. The van der Waals surface area contributed by atoms with Gasteiger partial charge in [0.15, 0.2) is 0 Å². The third kappa shape index (κ3) is 3.21. The number of anilines is 2. The third-order valence-electron chi connectivity index (χ3n) is 4.09. The van der Waals surface area contributed by atoms with Crippen LogP contribution in [0.3, 0.4) is 0 Å². The number of hydrogen-bond donors (Lipinski definition) is 2. The molecule has 0 spiro atoms. The van der Waals surface area contributed by atoms with Crippen molar-refractivity contribution in [1.82, 2.24) is 0 Å². The van der Waals surface area contributed by atoms with Crippen LogP contribution in [0.2, 0.25) is 5.02 Å². The Hall–Kier alpha value is -1.22. The van der Waals surface area contributed by atoms with Gasteiger partial charge in [-0.3, -0.25) is 4.79 Å². The van der Waals surface area contributed by atoms with Gasteiger partial charge in [-0.15, -0.1) is 0 Å². The monoisotopic (exact) mass is 280 g/mol. The fourth-order valence-corrected chi connectivity index (χ4v) is 2.99. The number of benzene rings is 1. The predicted molar refractivity (Wildman–Crippen MR) is 80.2 cm³/mol. The molecule has 0 bridgehead atoms. The predicted octanol–water partition coefficient (Wildman–Crippen LogP) is 4.08. The topological polar surface area (TPSA) is 55.1 Å². The first-order valence-corrected chi connectivity index (χ1v) is 7.14. The zero-order chi connectivity index (χ0) is 14.0. The lowest BCUT2D eigenvalue weighted by Crippen LogP contribution is -2.37. The van der Waals surface area contributed by atoms with Gasteiger partial charge in [0.05, 0.1) is 10.7 Å². The molecule has 0 radical (unpaired) electrons. The highest BCUT2D eigenvalue weighted by molar-refractivity contribution is 6.33. The normalized spacial score (nSPS) is 21.9. The van der Waals surface area contributed by atoms with E-state index in [2.05, 4.69) is 19.2 Å². The molecular formula is C15H21ClN2O. The standard InChI is InChI=1S/C15H21ClN2O/c1-15(2)8-4-3-5-11(15)14(19)18-10-6-7-13(17)12(16)9-10/h6-7,9,11H,3-5,8,17H2,1-2H3,(H,18,19). The minimum Gasteiger partial charge on any atom is -0.398 e. The second-order valence-electron chi connectivity index (χ2n) is 6.01. The maximum absolute atomic E-state index is 12.4. The van der Waals surface area contributed by atoms with Gasteiger partial charge in [0, 0.05) is 11.6 Å². The Labute approximate surface area is 119 Å². The van der Waals surface area contributed by atoms with Crippen molar-refractivity contribution in [3.63, 3.8) is 0 Å². The summed E-state index contributed by atoms with van der Waals surface area (Å²) in [4.78, 5) is 12.4. The molecule has 0 saturated heterocycles. The summed E-state index contributed by atoms with van der Waals surface area (Å²) in [6.45, 7) is 4.35. The highest BCUT2D eigenvalue weighted by Gasteiger charge is 2.37. The molecule has 19 heavy (non-hydrogen) atoms. The van der Waals surface area contributed by atoms with Gasteiger partial charge in [0.2, 0.25) is 5.91 Å². The molecule has 1 saturated carbocycles. The van der Waals surface area contributed by atoms with Crippen LogP contribution in [0.5, 0.6) is 0 Å². The van der Waals surface area contributed by atoms with Crippen LogP contribution in [0.25, 0.3) is 0 Å². The Morgan fingerprint density at radius 1 is 1.42 bits per heavy atom. The van der Waals surface area contributed by atoms with Crippen LogP contribution in [-0.4, -0.2) is 5.91 Å². The van der Waals surface area contributed by atoms with Crippen molar-refractivity contribution in [3.8, 4) is 0 Å². The lowest BCUT2D eigenvalue weighted by atomic mass is 9.68. The Balaban J connectivity index is 2.09. The molecule has 1 amide bonds. The van der Waals surface area contributed by atoms with Gasteiger partial charge in [-0.2, -0.15) is 0 Å². The molecule has 1 aliphatic carbocycles. The summed E-state index contributed by atoms with van der Waals surface area (Å²) in [5.74, 6) is 0.156. The molecule has 1 unspecified atom stereocenters. The Morgan fingerprint density at radius 2 is 2.16 bits per heavy atom. The Bertz CT molecular complexity index is 485. The van der Waals surface area contributed by atoms with E-state index in [0.717, 1.165) is 19.3 Å². The zero-order valence-corrected chi connectivity index (χ0v) is 12.3. The summed E-state index contributed by atoms with van der Waals surface area (Å²) < 4.78 is 0. The van der Waals surface area contributed by atoms with Crippen LogP contribution in [-0.2, 0) is 4.79 Å². The summed E-state index contributed by atoms with van der Waals surface area (Å²) in [7, 11) is 0. The van der Waals surface area contributed by atoms with E-state index < -0.39 is 0 Å². The molecule has 3 nitrogen and oxygen atoms in total. The molecule has 1 aromatic carbocycles. The van der Waals surface area contributed by atoms with Crippen molar-refractivity contribution in [2.24, 2.45) is 11.3 Å². The largest absolute Gasteiger partial charge is 0.398 e. The number of hydrogen-bond acceptors (Lipinski definition) is 2. The van der Waals surface area contributed by atoms with Crippen molar-refractivity contribution in [2.45, 2.75) is 39.5 Å². The summed E-state index contributed by atoms with van der Waals surface area (Å²) >= 11 is 5.96. The molecule has 1 aromatic rings. The van der Waals surface area contributed by atoms with E-state index in [-0.39, 0.29) is 17.2 Å². The molecule has 0 aliphatic heterocycles. The van der Waals surface area contributed by atoms with Gasteiger partial charge in [0.1, 0.15) is 0 Å². The quantitative estimate of drug-likeness (QED) is 0.802. The van der Waals surface area contributed by atoms with Crippen molar-refractivity contribution < 1.29 is 4.79 Å². The first kappa shape index (κ1) is 14.2. The first-order chi connectivity index (χ1) is 8.90. The fourth-order valence-electron chi connectivity index (χ4n) is 2.81. The average molecular weight is 281 g/mol. The van der Waals surface area contributed by atoms with E-state index in [4.69, 9.17) is 17.3 Å². The van der Waals surface area contributed by atoms with Crippen LogP contribution < -0.4 is 11.1 Å². The van der Waals surface area contributed by atoms with Gasteiger partial charge in [-0.25, -0.2) is 0 Å². The number of carbonyl (C=O) groups is 1. The van der Waals surface area contributed by atoms with Gasteiger partial charge in [-0.05, 0) is 36.5 Å². The summed E-state index contributed by atoms with van der Waals surface area (Å²) in [6, 6.07) is 5.20. The molecule has 0 heterocycles. The first-order valence-electron chi connectivity index (χ1n) is 6.76. The van der Waals surface area contributed by atoms with E-state index in [9.17, 15) is 4.79 Å². The van der Waals surface area contributed by atoms with E-state index in [1.807, 2.05) is 0 Å². The number of halogens is 1. The molecule has 1 atom stereocenters. The van der Waals surface area contributed by atoms with Gasteiger partial charge in [-0.1, -0.05) is 38.3 Å². The molecule has 4 heteroatoms. The van der Waals surface area contributed by atoms with Crippen LogP contribution in [0.15, 0.2) is 18.2 Å². The SMILES string of the molecule is CC1(C)CCCCC1C(=O)Nc1ccc(N)c(Cl)c1. The van der Waals surface area contributed by atoms with Crippen molar-refractivity contribution in [2.75, 3.05) is 11.1 Å². The number of nitrogens with one attached hydrogen (secondary N) is 1. The highest BCUT2D eigenvalue weighted by atomic mass is 35.5. The van der Waals surface area contributed by atoms with E-state index >= 15 is 0 Å². The maximum Gasteiger partial charge on any atom is 0.228 e. The Morgan fingerprint density at radius 3 is 2.79 bits per heavy atom. The summed E-state index contributed by atoms with van der Waals surface area (Å²) in [5, 5.41) is 3.43. The summed E-state index contributed by atoms with van der Waals surface area (Å²) in [6.07, 6.45) is 4.41. The molecule has 3 N–H and O–H groups in total. The van der Waals surface area contributed by atoms with Crippen LogP contribution in [0.4, 0.5) is 11.4 Å². The Kier molecular flexibility index (Phi) is 4.04. The number of nitrogen functional groups attached to an aromatic ring is 1. The van der Waals surface area contributed by atoms with Gasteiger partial charge < -0.3 is 11.1 Å². The minimum absolute atomic E-state index is 0.0672. The second kappa shape index (κ2) is 5.41. The molecule has 1 aliphatic rings. The van der Waals surface area contributed by atoms with Gasteiger partial charge in [0.25, 0.3) is 0 Å². The van der Waals surface area contributed by atoms with Crippen molar-refractivity contribution in [1.29, 1.82) is 0 Å². The number of rotatable bonds is 2. The van der Waals surface area contributed by atoms with Gasteiger partial charge >= 0.3 is 0 Å². The number of amides is 1. The lowest BCUT2D eigenvalue weighted by molar-refractivity contribution is -0.124. The minimum atomic E-state index is 0.0672. The van der Waals surface area contributed by atoms with E-state index in [1.165, 1.54) is 6.42 Å². The van der Waals surface area contributed by atoms with Crippen LogP contribution >= 0.6 is 11.6 Å². The van der Waals surface area contributed by atoms with E-state index in [0.29, 0.717) is 16.4 Å². The molecule has 104 valence electrons. The fraction of sp³-hybridized carbons (Fsp3) is 0.533. The average Bonchev–Trinajstić information content (AvgIpc) is 2.33. The summed E-state index contributed by atoms with van der Waals surface area (Å²) in [5.41, 5.74) is 6.97. The molecule has 2 rings (SSSR count). The number of carbonyl (C=O) groups excluding carboxylic acids is 1. The van der Waals surface area contributed by atoms with Crippen molar-refractivity contribution >= 4 is 28.9 Å². The second-order valence-corrected chi connectivity index (χ2v) is 6.42.